The van der Waals surface area contributed by atoms with Crippen LogP contribution in [-0.4, -0.2) is 41.0 Å². The van der Waals surface area contributed by atoms with Gasteiger partial charge in [0, 0.05) is 29.5 Å². The highest BCUT2D eigenvalue weighted by Crippen LogP contribution is 2.33. The zero-order chi connectivity index (χ0) is 20.7. The molecule has 1 saturated heterocycles. The van der Waals surface area contributed by atoms with Gasteiger partial charge in [-0.25, -0.2) is 8.42 Å². The molecule has 4 aromatic rings. The predicted octanol–water partition coefficient (Wildman–Crippen LogP) is 4.22. The number of hydrogen-bond acceptors (Lipinski definition) is 7. The van der Waals surface area contributed by atoms with Gasteiger partial charge in [-0.1, -0.05) is 18.2 Å². The molecule has 154 valence electrons. The highest BCUT2D eigenvalue weighted by atomic mass is 32.2. The Morgan fingerprint density at radius 3 is 2.83 bits per heavy atom. The van der Waals surface area contributed by atoms with E-state index in [4.69, 9.17) is 4.42 Å². The third-order valence-corrected chi connectivity index (χ3v) is 8.22. The summed E-state index contributed by atoms with van der Waals surface area (Å²) in [4.78, 5) is 6.64. The Bertz CT molecular complexity index is 1310. The van der Waals surface area contributed by atoms with Crippen molar-refractivity contribution < 1.29 is 12.8 Å². The van der Waals surface area contributed by atoms with Crippen molar-refractivity contribution in [2.45, 2.75) is 30.6 Å². The van der Waals surface area contributed by atoms with Crippen molar-refractivity contribution in [3.8, 4) is 10.8 Å². The molecule has 7 nitrogen and oxygen atoms in total. The lowest BCUT2D eigenvalue weighted by Gasteiger charge is -2.30. The molecular formula is C21H20N4O3S2. The van der Waals surface area contributed by atoms with Crippen LogP contribution in [0.3, 0.4) is 0 Å². The van der Waals surface area contributed by atoms with Crippen molar-refractivity contribution in [2.24, 2.45) is 0 Å². The highest BCUT2D eigenvalue weighted by Gasteiger charge is 2.34. The van der Waals surface area contributed by atoms with Gasteiger partial charge in [-0.2, -0.15) is 4.31 Å². The number of rotatable bonds is 4. The van der Waals surface area contributed by atoms with Crippen molar-refractivity contribution in [3.63, 3.8) is 0 Å². The van der Waals surface area contributed by atoms with Crippen molar-refractivity contribution in [3.05, 3.63) is 59.4 Å². The average Bonchev–Trinajstić information content (AvgIpc) is 3.42. The van der Waals surface area contributed by atoms with Crippen LogP contribution >= 0.6 is 11.3 Å². The Kier molecular flexibility index (Phi) is 4.88. The van der Waals surface area contributed by atoms with Gasteiger partial charge in [0.1, 0.15) is 4.90 Å². The lowest BCUT2D eigenvalue weighted by atomic mass is 10.00. The van der Waals surface area contributed by atoms with Crippen molar-refractivity contribution in [1.82, 2.24) is 19.5 Å². The van der Waals surface area contributed by atoms with E-state index in [0.29, 0.717) is 30.4 Å². The second-order valence-electron chi connectivity index (χ2n) is 7.39. The number of nitrogens with zero attached hydrogens (tertiary/aromatic N) is 4. The van der Waals surface area contributed by atoms with E-state index in [1.807, 2.05) is 31.2 Å². The first-order valence-electron chi connectivity index (χ1n) is 9.76. The molecule has 0 bridgehead atoms. The molecule has 0 spiro atoms. The molecule has 1 aliphatic rings. The molecule has 0 amide bonds. The summed E-state index contributed by atoms with van der Waals surface area (Å²) in [6.45, 7) is 2.81. The Balaban J connectivity index is 1.43. The van der Waals surface area contributed by atoms with Gasteiger partial charge < -0.3 is 4.42 Å². The number of fused-ring (bicyclic) bond motifs is 1. The number of benzene rings is 1. The molecule has 1 fully saturated rings. The van der Waals surface area contributed by atoms with Crippen LogP contribution in [0, 0.1) is 6.92 Å². The van der Waals surface area contributed by atoms with Gasteiger partial charge in [0.05, 0.1) is 16.3 Å². The van der Waals surface area contributed by atoms with E-state index in [1.54, 1.807) is 35.7 Å². The minimum atomic E-state index is -3.69. The Labute approximate surface area is 178 Å². The third-order valence-electron chi connectivity index (χ3n) is 5.34. The SMILES string of the molecule is Cc1ccc(-c2nnc([C@@H]3CCCN(S(=O)(=O)c4cccc5cccnc45)C3)o2)s1. The first kappa shape index (κ1) is 19.3. The second-order valence-corrected chi connectivity index (χ2v) is 10.6. The average molecular weight is 441 g/mol. The first-order chi connectivity index (χ1) is 14.5. The molecule has 3 aromatic heterocycles. The summed E-state index contributed by atoms with van der Waals surface area (Å²) in [6, 6.07) is 12.9. The lowest BCUT2D eigenvalue weighted by molar-refractivity contribution is 0.286. The minimum absolute atomic E-state index is 0.126. The topological polar surface area (TPSA) is 89.2 Å². The number of sulfonamides is 1. The van der Waals surface area contributed by atoms with Gasteiger partial charge in [-0.3, -0.25) is 4.98 Å². The zero-order valence-electron chi connectivity index (χ0n) is 16.4. The van der Waals surface area contributed by atoms with E-state index in [1.165, 1.54) is 9.18 Å². The summed E-state index contributed by atoms with van der Waals surface area (Å²) in [5.41, 5.74) is 0.496. The summed E-state index contributed by atoms with van der Waals surface area (Å²) >= 11 is 1.59. The monoisotopic (exact) mass is 440 g/mol. The number of thiophene rings is 1. The van der Waals surface area contributed by atoms with Gasteiger partial charge in [-0.05, 0) is 44.0 Å². The molecule has 5 rings (SSSR count). The van der Waals surface area contributed by atoms with Crippen LogP contribution in [0.4, 0.5) is 0 Å². The van der Waals surface area contributed by atoms with E-state index >= 15 is 0 Å². The molecule has 0 aliphatic carbocycles. The van der Waals surface area contributed by atoms with Gasteiger partial charge >= 0.3 is 0 Å². The van der Waals surface area contributed by atoms with E-state index < -0.39 is 10.0 Å². The number of piperidine rings is 1. The molecular weight excluding hydrogens is 420 g/mol. The van der Waals surface area contributed by atoms with Crippen LogP contribution in [0.15, 0.2) is 58.0 Å². The largest absolute Gasteiger partial charge is 0.420 e. The number of hydrogen-bond donors (Lipinski definition) is 0. The van der Waals surface area contributed by atoms with Gasteiger partial charge in [0.15, 0.2) is 0 Å². The summed E-state index contributed by atoms with van der Waals surface area (Å²) in [6.07, 6.45) is 3.16. The molecule has 1 atom stereocenters. The summed E-state index contributed by atoms with van der Waals surface area (Å²) in [7, 11) is -3.69. The molecule has 0 N–H and O–H groups in total. The molecule has 30 heavy (non-hydrogen) atoms. The number of para-hydroxylation sites is 1. The summed E-state index contributed by atoms with van der Waals surface area (Å²) in [5.74, 6) is 0.854. The van der Waals surface area contributed by atoms with Gasteiger partial charge in [0.25, 0.3) is 5.89 Å². The molecule has 0 radical (unpaired) electrons. The molecule has 0 unspecified atom stereocenters. The number of aryl methyl sites for hydroxylation is 1. The van der Waals surface area contributed by atoms with E-state index in [9.17, 15) is 8.42 Å². The van der Waals surface area contributed by atoms with Crippen molar-refractivity contribution >= 4 is 32.3 Å². The molecule has 1 aromatic carbocycles. The molecule has 4 heterocycles. The fraction of sp³-hybridized carbons (Fsp3) is 0.286. The van der Waals surface area contributed by atoms with E-state index in [2.05, 4.69) is 15.2 Å². The predicted molar refractivity (Wildman–Crippen MR) is 115 cm³/mol. The van der Waals surface area contributed by atoms with Crippen LogP contribution in [0.1, 0.15) is 29.5 Å². The summed E-state index contributed by atoms with van der Waals surface area (Å²) in [5, 5.41) is 9.20. The molecule has 9 heteroatoms. The Morgan fingerprint density at radius 1 is 1.13 bits per heavy atom. The smallest absolute Gasteiger partial charge is 0.257 e. The highest BCUT2D eigenvalue weighted by molar-refractivity contribution is 7.89. The quantitative estimate of drug-likeness (QED) is 0.472. The fourth-order valence-electron chi connectivity index (χ4n) is 3.83. The maximum absolute atomic E-state index is 13.4. The van der Waals surface area contributed by atoms with E-state index in [-0.39, 0.29) is 10.8 Å². The lowest BCUT2D eigenvalue weighted by Crippen LogP contribution is -2.39. The minimum Gasteiger partial charge on any atom is -0.420 e. The zero-order valence-corrected chi connectivity index (χ0v) is 18.0. The van der Waals surface area contributed by atoms with Crippen molar-refractivity contribution in [2.75, 3.05) is 13.1 Å². The van der Waals surface area contributed by atoms with Crippen molar-refractivity contribution in [1.29, 1.82) is 0 Å². The Morgan fingerprint density at radius 2 is 2.00 bits per heavy atom. The fourth-order valence-corrected chi connectivity index (χ4v) is 6.31. The summed E-state index contributed by atoms with van der Waals surface area (Å²) < 4.78 is 34.3. The maximum Gasteiger partial charge on any atom is 0.257 e. The third kappa shape index (κ3) is 3.42. The standard InChI is InChI=1S/C21H20N4O3S2/c1-14-9-10-17(29-14)21-24-23-20(28-21)16-7-4-12-25(13-16)30(26,27)18-8-2-5-15-6-3-11-22-19(15)18/h2-3,5-6,8-11,16H,4,7,12-13H2,1H3/t16-/m1/s1. The maximum atomic E-state index is 13.4. The van der Waals surface area contributed by atoms with Crippen LogP contribution < -0.4 is 0 Å². The number of aromatic nitrogens is 3. The van der Waals surface area contributed by atoms with Crippen LogP contribution in [0.5, 0.6) is 0 Å². The van der Waals surface area contributed by atoms with Gasteiger partial charge in [-0.15, -0.1) is 21.5 Å². The second kappa shape index (κ2) is 7.57. The van der Waals surface area contributed by atoms with Crippen LogP contribution in [0.25, 0.3) is 21.7 Å². The molecule has 1 aliphatic heterocycles. The normalized spacial score (nSPS) is 18.1. The number of pyridine rings is 1. The van der Waals surface area contributed by atoms with E-state index in [0.717, 1.165) is 23.1 Å². The van der Waals surface area contributed by atoms with Gasteiger partial charge in [0.2, 0.25) is 15.9 Å². The first-order valence-corrected chi connectivity index (χ1v) is 12.0. The van der Waals surface area contributed by atoms with Crippen LogP contribution in [-0.2, 0) is 10.0 Å². The molecule has 0 saturated carbocycles. The Hall–Kier alpha value is -2.62. The van der Waals surface area contributed by atoms with Crippen LogP contribution in [0.2, 0.25) is 0 Å².